The molecule has 0 radical (unpaired) electrons. The second-order valence-electron chi connectivity index (χ2n) is 4.76. The molecule has 0 saturated carbocycles. The normalized spacial score (nSPS) is 17.2. The van der Waals surface area contributed by atoms with Crippen molar-refractivity contribution in [2.45, 2.75) is 25.7 Å². The summed E-state index contributed by atoms with van der Waals surface area (Å²) in [5.74, 6) is 1.29. The highest BCUT2D eigenvalue weighted by Crippen LogP contribution is 2.31. The molecule has 1 aliphatic heterocycles. The van der Waals surface area contributed by atoms with Crippen molar-refractivity contribution < 1.29 is 4.74 Å². The van der Waals surface area contributed by atoms with Crippen LogP contribution in [-0.4, -0.2) is 26.7 Å². The molecule has 0 bridgehead atoms. The number of methoxy groups -OCH3 is 1. The number of anilines is 1. The van der Waals surface area contributed by atoms with E-state index in [9.17, 15) is 0 Å². The molecule has 3 heteroatoms. The summed E-state index contributed by atoms with van der Waals surface area (Å²) in [5.41, 5.74) is 8.29. The molecule has 1 aliphatic rings. The fraction of sp³-hybridized carbons (Fsp3) is 0.571. The van der Waals surface area contributed by atoms with E-state index in [0.717, 1.165) is 5.75 Å². The van der Waals surface area contributed by atoms with Crippen LogP contribution in [0.25, 0.3) is 0 Å². The highest BCUT2D eigenvalue weighted by Gasteiger charge is 2.16. The smallest absolute Gasteiger partial charge is 0.122 e. The zero-order chi connectivity index (χ0) is 12.3. The van der Waals surface area contributed by atoms with Crippen molar-refractivity contribution in [2.24, 2.45) is 5.73 Å². The van der Waals surface area contributed by atoms with Crippen LogP contribution in [0.4, 0.5) is 5.69 Å². The quantitative estimate of drug-likeness (QED) is 0.869. The molecule has 17 heavy (non-hydrogen) atoms. The van der Waals surface area contributed by atoms with Crippen LogP contribution in [0, 0.1) is 0 Å². The number of hydrogen-bond acceptors (Lipinski definition) is 3. The Bertz CT molecular complexity index is 372. The van der Waals surface area contributed by atoms with Gasteiger partial charge in [0.05, 0.1) is 7.11 Å². The van der Waals surface area contributed by atoms with E-state index in [1.165, 1.54) is 37.2 Å². The van der Waals surface area contributed by atoms with Gasteiger partial charge in [-0.15, -0.1) is 0 Å². The molecule has 1 saturated heterocycles. The molecular formula is C14H22N2O. The molecule has 1 aromatic rings. The topological polar surface area (TPSA) is 38.5 Å². The predicted octanol–water partition coefficient (Wildman–Crippen LogP) is 2.36. The van der Waals surface area contributed by atoms with Gasteiger partial charge in [0.1, 0.15) is 5.75 Å². The van der Waals surface area contributed by atoms with Gasteiger partial charge in [-0.05, 0) is 43.5 Å². The molecule has 3 nitrogen and oxygen atoms in total. The molecule has 1 heterocycles. The third kappa shape index (κ3) is 2.55. The molecule has 2 rings (SSSR count). The average molecular weight is 234 g/mol. The maximum Gasteiger partial charge on any atom is 0.122 e. The maximum absolute atomic E-state index is 5.76. The fourth-order valence-electron chi connectivity index (χ4n) is 2.41. The van der Waals surface area contributed by atoms with Gasteiger partial charge in [-0.1, -0.05) is 6.92 Å². The molecule has 1 fully saturated rings. The lowest BCUT2D eigenvalue weighted by atomic mass is 9.99. The summed E-state index contributed by atoms with van der Waals surface area (Å²) in [5, 5.41) is 0. The van der Waals surface area contributed by atoms with Crippen LogP contribution in [-0.2, 0) is 0 Å². The predicted molar refractivity (Wildman–Crippen MR) is 71.9 cm³/mol. The van der Waals surface area contributed by atoms with Gasteiger partial charge in [-0.25, -0.2) is 0 Å². The first-order chi connectivity index (χ1) is 8.26. The van der Waals surface area contributed by atoms with E-state index in [4.69, 9.17) is 10.5 Å². The highest BCUT2D eigenvalue weighted by atomic mass is 16.5. The molecule has 0 amide bonds. The maximum atomic E-state index is 5.76. The number of nitrogens with zero attached hydrogens (tertiary/aromatic N) is 1. The van der Waals surface area contributed by atoms with Gasteiger partial charge in [0.25, 0.3) is 0 Å². The second-order valence-corrected chi connectivity index (χ2v) is 4.76. The zero-order valence-corrected chi connectivity index (χ0v) is 10.8. The van der Waals surface area contributed by atoms with Crippen LogP contribution in [0.15, 0.2) is 18.2 Å². The summed E-state index contributed by atoms with van der Waals surface area (Å²) in [4.78, 5) is 2.44. The van der Waals surface area contributed by atoms with Crippen molar-refractivity contribution in [3.63, 3.8) is 0 Å². The number of hydrogen-bond donors (Lipinski definition) is 1. The molecule has 2 N–H and O–H groups in total. The van der Waals surface area contributed by atoms with E-state index >= 15 is 0 Å². The molecular weight excluding hydrogens is 212 g/mol. The lowest BCUT2D eigenvalue weighted by Gasteiger charge is -2.21. The summed E-state index contributed by atoms with van der Waals surface area (Å²) < 4.78 is 5.41. The first-order valence-electron chi connectivity index (χ1n) is 6.39. The van der Waals surface area contributed by atoms with Gasteiger partial charge in [0, 0.05) is 24.3 Å². The van der Waals surface area contributed by atoms with Crippen molar-refractivity contribution in [3.8, 4) is 5.75 Å². The van der Waals surface area contributed by atoms with Crippen LogP contribution in [0.5, 0.6) is 5.75 Å². The van der Waals surface area contributed by atoms with Crippen molar-refractivity contribution in [1.29, 1.82) is 0 Å². The summed E-state index contributed by atoms with van der Waals surface area (Å²) in [6.45, 7) is 5.14. The molecule has 0 aliphatic carbocycles. The standard InChI is InChI=1S/C14H22N2O/c1-11(10-15)13-9-12(5-6-14(13)17-2)16-7-3-4-8-16/h5-6,9,11H,3-4,7-8,10,15H2,1-2H3. The van der Waals surface area contributed by atoms with Crippen LogP contribution in [0.1, 0.15) is 31.2 Å². The average Bonchev–Trinajstić information content (AvgIpc) is 2.91. The van der Waals surface area contributed by atoms with Crippen LogP contribution in [0.3, 0.4) is 0 Å². The van der Waals surface area contributed by atoms with Gasteiger partial charge in [-0.3, -0.25) is 0 Å². The number of nitrogens with two attached hydrogens (primary N) is 1. The third-order valence-corrected chi connectivity index (χ3v) is 3.57. The lowest BCUT2D eigenvalue weighted by Crippen LogP contribution is -2.18. The SMILES string of the molecule is COc1ccc(N2CCCC2)cc1C(C)CN. The number of rotatable bonds is 4. The Balaban J connectivity index is 2.30. The Morgan fingerprint density at radius 2 is 2.06 bits per heavy atom. The molecule has 0 spiro atoms. The Kier molecular flexibility index (Phi) is 3.89. The lowest BCUT2D eigenvalue weighted by molar-refractivity contribution is 0.407. The largest absolute Gasteiger partial charge is 0.496 e. The van der Waals surface area contributed by atoms with E-state index < -0.39 is 0 Å². The van der Waals surface area contributed by atoms with Crippen LogP contribution in [0.2, 0.25) is 0 Å². The fourth-order valence-corrected chi connectivity index (χ4v) is 2.41. The molecule has 1 unspecified atom stereocenters. The van der Waals surface area contributed by atoms with E-state index in [-0.39, 0.29) is 0 Å². The minimum atomic E-state index is 0.340. The first-order valence-corrected chi connectivity index (χ1v) is 6.39. The van der Waals surface area contributed by atoms with Crippen molar-refractivity contribution in [1.82, 2.24) is 0 Å². The zero-order valence-electron chi connectivity index (χ0n) is 10.8. The molecule has 0 aromatic heterocycles. The van der Waals surface area contributed by atoms with Gasteiger partial charge in [0.2, 0.25) is 0 Å². The van der Waals surface area contributed by atoms with Gasteiger partial charge in [0.15, 0.2) is 0 Å². The second kappa shape index (κ2) is 5.41. The third-order valence-electron chi connectivity index (χ3n) is 3.57. The van der Waals surface area contributed by atoms with E-state index in [2.05, 4.69) is 30.0 Å². The van der Waals surface area contributed by atoms with Crippen LogP contribution < -0.4 is 15.4 Å². The summed E-state index contributed by atoms with van der Waals surface area (Å²) >= 11 is 0. The minimum absolute atomic E-state index is 0.340. The van der Waals surface area contributed by atoms with Crippen molar-refractivity contribution in [3.05, 3.63) is 23.8 Å². The number of benzene rings is 1. The highest BCUT2D eigenvalue weighted by molar-refractivity contribution is 5.54. The molecule has 94 valence electrons. The van der Waals surface area contributed by atoms with Gasteiger partial charge < -0.3 is 15.4 Å². The molecule has 1 atom stereocenters. The van der Waals surface area contributed by atoms with E-state index in [0.29, 0.717) is 12.5 Å². The Hall–Kier alpha value is -1.22. The van der Waals surface area contributed by atoms with E-state index in [1.54, 1.807) is 7.11 Å². The minimum Gasteiger partial charge on any atom is -0.496 e. The van der Waals surface area contributed by atoms with Crippen molar-refractivity contribution >= 4 is 5.69 Å². The first kappa shape index (κ1) is 12.2. The number of ether oxygens (including phenoxy) is 1. The Morgan fingerprint density at radius 1 is 1.35 bits per heavy atom. The van der Waals surface area contributed by atoms with Gasteiger partial charge in [-0.2, -0.15) is 0 Å². The van der Waals surface area contributed by atoms with E-state index in [1.807, 2.05) is 0 Å². The Morgan fingerprint density at radius 3 is 2.65 bits per heavy atom. The summed E-state index contributed by atoms with van der Waals surface area (Å²) in [6, 6.07) is 6.45. The van der Waals surface area contributed by atoms with Crippen LogP contribution >= 0.6 is 0 Å². The van der Waals surface area contributed by atoms with Gasteiger partial charge >= 0.3 is 0 Å². The molecule has 1 aromatic carbocycles. The monoisotopic (exact) mass is 234 g/mol. The summed E-state index contributed by atoms with van der Waals surface area (Å²) in [7, 11) is 1.72. The van der Waals surface area contributed by atoms with Crippen molar-refractivity contribution in [2.75, 3.05) is 31.6 Å². The Labute approximate surface area is 104 Å². The summed E-state index contributed by atoms with van der Waals surface area (Å²) in [6.07, 6.45) is 2.60.